The number of hydrogen-bond acceptors (Lipinski definition) is 3. The van der Waals surface area contributed by atoms with Crippen LogP contribution in [0.4, 0.5) is 5.82 Å². The number of pyridine rings is 2. The molecule has 0 spiro atoms. The fourth-order valence-corrected chi connectivity index (χ4v) is 3.62. The van der Waals surface area contributed by atoms with E-state index in [9.17, 15) is 5.11 Å². The number of rotatable bonds is 4. The smallest absolute Gasteiger partial charge is 0.272 e. The Kier molecular flexibility index (Phi) is 3.84. The van der Waals surface area contributed by atoms with Crippen LogP contribution in [0.5, 0.6) is 5.75 Å². The van der Waals surface area contributed by atoms with Crippen molar-refractivity contribution in [2.75, 3.05) is 5.32 Å². The van der Waals surface area contributed by atoms with E-state index in [0.717, 1.165) is 27.2 Å². The molecule has 1 unspecified atom stereocenters. The fraction of sp³-hybridized carbons (Fsp3) is 0.0526. The summed E-state index contributed by atoms with van der Waals surface area (Å²) < 4.78 is 0. The van der Waals surface area contributed by atoms with Crippen LogP contribution in [0, 0.1) is 0 Å². The number of anilines is 1. The summed E-state index contributed by atoms with van der Waals surface area (Å²) in [6.07, 6.45) is 3.70. The average Bonchev–Trinajstić information content (AvgIpc) is 3.16. The van der Waals surface area contributed by atoms with Crippen LogP contribution in [0.2, 0.25) is 0 Å². The lowest BCUT2D eigenvalue weighted by Crippen LogP contribution is -2.18. The van der Waals surface area contributed by atoms with Gasteiger partial charge in [0.25, 0.3) is 11.3 Å². The van der Waals surface area contributed by atoms with Gasteiger partial charge in [0.15, 0.2) is 18.0 Å². The predicted molar refractivity (Wildman–Crippen MR) is 95.0 cm³/mol. The zero-order valence-corrected chi connectivity index (χ0v) is 13.7. The van der Waals surface area contributed by atoms with E-state index in [0.29, 0.717) is 0 Å². The predicted octanol–water partition coefficient (Wildman–Crippen LogP) is 3.44. The van der Waals surface area contributed by atoms with Crippen molar-refractivity contribution in [2.24, 2.45) is 0 Å². The molecule has 3 heterocycles. The molecule has 0 radical (unpaired) electrons. The number of phenols is 1. The third kappa shape index (κ3) is 2.70. The van der Waals surface area contributed by atoms with Crippen LogP contribution >= 0.6 is 11.3 Å². The van der Waals surface area contributed by atoms with Crippen molar-refractivity contribution in [3.05, 3.63) is 82.8 Å². The molecular formula is C19H17N3OS+2. The van der Waals surface area contributed by atoms with Gasteiger partial charge in [0, 0.05) is 12.1 Å². The summed E-state index contributed by atoms with van der Waals surface area (Å²) in [6, 6.07) is 17.8. The quantitative estimate of drug-likeness (QED) is 0.600. The van der Waals surface area contributed by atoms with Crippen molar-refractivity contribution in [3.63, 3.8) is 0 Å². The van der Waals surface area contributed by atoms with Crippen molar-refractivity contribution >= 4 is 28.1 Å². The number of aromatic amines is 2. The summed E-state index contributed by atoms with van der Waals surface area (Å²) in [7, 11) is 0. The van der Waals surface area contributed by atoms with Gasteiger partial charge in [-0.1, -0.05) is 12.1 Å². The minimum Gasteiger partial charge on any atom is -0.502 e. The number of aromatic hydroxyl groups is 1. The van der Waals surface area contributed by atoms with E-state index in [1.54, 1.807) is 11.3 Å². The molecule has 0 bridgehead atoms. The number of phenolic OH excluding ortho intramolecular Hbond substituents is 1. The van der Waals surface area contributed by atoms with E-state index in [2.05, 4.69) is 21.4 Å². The topological polar surface area (TPSA) is 60.5 Å². The molecule has 0 aliphatic rings. The van der Waals surface area contributed by atoms with Crippen LogP contribution in [0.25, 0.3) is 10.9 Å². The van der Waals surface area contributed by atoms with Gasteiger partial charge in [0.2, 0.25) is 0 Å². The van der Waals surface area contributed by atoms with Gasteiger partial charge in [0.05, 0.1) is 22.0 Å². The molecule has 0 aliphatic heterocycles. The van der Waals surface area contributed by atoms with E-state index >= 15 is 0 Å². The SMILES string of the molecule is Oc1c(C(Nc2cccc[nH+]2)c2cccs2)ccc2ccc[nH+]c12. The highest BCUT2D eigenvalue weighted by Gasteiger charge is 2.26. The summed E-state index contributed by atoms with van der Waals surface area (Å²) in [4.78, 5) is 7.47. The molecular weight excluding hydrogens is 318 g/mol. The van der Waals surface area contributed by atoms with Gasteiger partial charge >= 0.3 is 0 Å². The molecule has 4 rings (SSSR count). The third-order valence-corrected chi connectivity index (χ3v) is 4.93. The molecule has 0 saturated carbocycles. The van der Waals surface area contributed by atoms with E-state index in [4.69, 9.17) is 0 Å². The Balaban J connectivity index is 1.83. The van der Waals surface area contributed by atoms with Gasteiger partial charge in [-0.15, -0.1) is 11.3 Å². The van der Waals surface area contributed by atoms with Crippen molar-refractivity contribution in [3.8, 4) is 5.75 Å². The summed E-state index contributed by atoms with van der Waals surface area (Å²) in [6.45, 7) is 0. The van der Waals surface area contributed by atoms with Crippen LogP contribution in [-0.2, 0) is 0 Å². The zero-order chi connectivity index (χ0) is 16.4. The monoisotopic (exact) mass is 335 g/mol. The van der Waals surface area contributed by atoms with Crippen molar-refractivity contribution in [1.29, 1.82) is 0 Å². The zero-order valence-electron chi connectivity index (χ0n) is 12.9. The standard InChI is InChI=1S/C19H15N3OS/c23-19-14(9-8-13-5-3-11-21-17(13)19)18(15-6-4-12-24-15)22-16-7-1-2-10-20-16/h1-12,18,23H,(H,20,22)/p+2. The normalized spacial score (nSPS) is 12.2. The summed E-state index contributed by atoms with van der Waals surface area (Å²) in [5, 5.41) is 17.3. The molecule has 0 fully saturated rings. The maximum atomic E-state index is 10.8. The molecule has 4 aromatic rings. The fourth-order valence-electron chi connectivity index (χ4n) is 2.83. The van der Waals surface area contributed by atoms with Crippen molar-refractivity contribution in [2.45, 2.75) is 6.04 Å². The number of H-pyrrole nitrogens is 2. The summed E-state index contributed by atoms with van der Waals surface area (Å²) in [5.41, 5.74) is 1.58. The number of thiophene rings is 1. The Morgan fingerprint density at radius 3 is 2.62 bits per heavy atom. The molecule has 1 aromatic carbocycles. The molecule has 4 N–H and O–H groups in total. The third-order valence-electron chi connectivity index (χ3n) is 3.99. The Morgan fingerprint density at radius 2 is 1.83 bits per heavy atom. The maximum Gasteiger partial charge on any atom is 0.272 e. The van der Waals surface area contributed by atoms with Crippen LogP contribution in [0.1, 0.15) is 16.5 Å². The molecule has 5 heteroatoms. The number of hydrogen-bond donors (Lipinski definition) is 2. The Hall–Kier alpha value is -2.92. The summed E-state index contributed by atoms with van der Waals surface area (Å²) >= 11 is 1.66. The van der Waals surface area contributed by atoms with E-state index < -0.39 is 0 Å². The molecule has 1 atom stereocenters. The van der Waals surface area contributed by atoms with Crippen LogP contribution < -0.4 is 15.3 Å². The Bertz CT molecular complexity index is 955. The molecule has 3 aromatic heterocycles. The molecule has 4 nitrogen and oxygen atoms in total. The summed E-state index contributed by atoms with van der Waals surface area (Å²) in [5.74, 6) is 1.17. The average molecular weight is 335 g/mol. The minimum absolute atomic E-state index is 0.137. The number of fused-ring (bicyclic) bond motifs is 1. The number of benzene rings is 1. The Labute approximate surface area is 143 Å². The van der Waals surface area contributed by atoms with Crippen LogP contribution in [0.3, 0.4) is 0 Å². The number of aromatic nitrogens is 2. The highest BCUT2D eigenvalue weighted by Crippen LogP contribution is 2.36. The second kappa shape index (κ2) is 6.29. The minimum atomic E-state index is -0.137. The van der Waals surface area contributed by atoms with Gasteiger partial charge in [-0.25, -0.2) is 9.97 Å². The highest BCUT2D eigenvalue weighted by molar-refractivity contribution is 7.10. The first kappa shape index (κ1) is 14.7. The second-order valence-electron chi connectivity index (χ2n) is 5.51. The maximum absolute atomic E-state index is 10.8. The second-order valence-corrected chi connectivity index (χ2v) is 6.49. The molecule has 24 heavy (non-hydrogen) atoms. The van der Waals surface area contributed by atoms with E-state index in [1.807, 2.05) is 66.3 Å². The first-order valence-corrected chi connectivity index (χ1v) is 8.60. The highest BCUT2D eigenvalue weighted by atomic mass is 32.1. The van der Waals surface area contributed by atoms with Crippen molar-refractivity contribution < 1.29 is 15.1 Å². The van der Waals surface area contributed by atoms with Gasteiger partial charge in [0.1, 0.15) is 0 Å². The van der Waals surface area contributed by atoms with Gasteiger partial charge in [-0.3, -0.25) is 5.32 Å². The lowest BCUT2D eigenvalue weighted by Gasteiger charge is -2.14. The van der Waals surface area contributed by atoms with Crippen molar-refractivity contribution in [1.82, 2.24) is 0 Å². The molecule has 118 valence electrons. The lowest BCUT2D eigenvalue weighted by molar-refractivity contribution is -0.361. The lowest BCUT2D eigenvalue weighted by atomic mass is 10.0. The first-order valence-electron chi connectivity index (χ1n) is 7.72. The largest absolute Gasteiger partial charge is 0.502 e. The van der Waals surface area contributed by atoms with Crippen LogP contribution in [0.15, 0.2) is 72.4 Å². The van der Waals surface area contributed by atoms with E-state index in [-0.39, 0.29) is 11.8 Å². The molecule has 0 aliphatic carbocycles. The molecule has 0 amide bonds. The van der Waals surface area contributed by atoms with Crippen LogP contribution in [-0.4, -0.2) is 5.11 Å². The van der Waals surface area contributed by atoms with Gasteiger partial charge in [-0.05, 0) is 35.7 Å². The van der Waals surface area contributed by atoms with Gasteiger partial charge in [-0.2, -0.15) is 0 Å². The first-order chi connectivity index (χ1) is 11.8. The van der Waals surface area contributed by atoms with E-state index in [1.165, 1.54) is 0 Å². The Morgan fingerprint density at radius 1 is 0.917 bits per heavy atom. The van der Waals surface area contributed by atoms with Gasteiger partial charge < -0.3 is 5.11 Å². The number of nitrogens with one attached hydrogen (secondary N) is 3. The molecule has 0 saturated heterocycles.